The number of nitrogens with zero attached hydrogens (tertiary/aromatic N) is 3. The Bertz CT molecular complexity index is 768. The van der Waals surface area contributed by atoms with Crippen LogP contribution in [0, 0.1) is 0 Å². The highest BCUT2D eigenvalue weighted by atomic mass is 16.7. The van der Waals surface area contributed by atoms with Crippen molar-refractivity contribution >= 4 is 5.91 Å². The minimum Gasteiger partial charge on any atom is -0.377 e. The highest BCUT2D eigenvalue weighted by Crippen LogP contribution is 2.17. The zero-order valence-corrected chi connectivity index (χ0v) is 13.5. The second kappa shape index (κ2) is 7.46. The second-order valence-corrected chi connectivity index (χ2v) is 5.33. The predicted molar refractivity (Wildman–Crippen MR) is 92.0 cm³/mol. The van der Waals surface area contributed by atoms with E-state index in [9.17, 15) is 4.79 Å². The first-order valence-corrected chi connectivity index (χ1v) is 7.91. The number of amides is 1. The Morgan fingerprint density at radius 3 is 2.50 bits per heavy atom. The predicted octanol–water partition coefficient (Wildman–Crippen LogP) is 3.72. The van der Waals surface area contributed by atoms with Gasteiger partial charge in [0.15, 0.2) is 5.75 Å². The SMILES string of the molecule is CCCN(Oc1ccc(-n2ccnc2)cc1)C(=O)c1ccccc1. The first-order chi connectivity index (χ1) is 11.8. The quantitative estimate of drug-likeness (QED) is 0.650. The maximum absolute atomic E-state index is 12.6. The monoisotopic (exact) mass is 321 g/mol. The van der Waals surface area contributed by atoms with Gasteiger partial charge >= 0.3 is 0 Å². The third-order valence-corrected chi connectivity index (χ3v) is 3.53. The fraction of sp³-hybridized carbons (Fsp3) is 0.158. The van der Waals surface area contributed by atoms with Crippen molar-refractivity contribution in [2.75, 3.05) is 6.54 Å². The molecule has 0 N–H and O–H groups in total. The van der Waals surface area contributed by atoms with Gasteiger partial charge in [-0.05, 0) is 42.8 Å². The van der Waals surface area contributed by atoms with Crippen molar-refractivity contribution < 1.29 is 9.63 Å². The van der Waals surface area contributed by atoms with E-state index in [1.165, 1.54) is 5.06 Å². The van der Waals surface area contributed by atoms with Crippen molar-refractivity contribution in [3.8, 4) is 11.4 Å². The number of imidazole rings is 1. The van der Waals surface area contributed by atoms with Gasteiger partial charge in [-0.2, -0.15) is 5.06 Å². The van der Waals surface area contributed by atoms with Crippen LogP contribution in [0.5, 0.6) is 5.75 Å². The van der Waals surface area contributed by atoms with Crippen LogP contribution in [0.15, 0.2) is 73.3 Å². The van der Waals surface area contributed by atoms with Crippen LogP contribution in [0.4, 0.5) is 0 Å². The van der Waals surface area contributed by atoms with Crippen LogP contribution in [-0.2, 0) is 0 Å². The van der Waals surface area contributed by atoms with Crippen LogP contribution in [0.25, 0.3) is 5.69 Å². The van der Waals surface area contributed by atoms with Crippen molar-refractivity contribution in [2.24, 2.45) is 0 Å². The largest absolute Gasteiger partial charge is 0.377 e. The Balaban J connectivity index is 1.75. The summed E-state index contributed by atoms with van der Waals surface area (Å²) in [7, 11) is 0. The van der Waals surface area contributed by atoms with Crippen molar-refractivity contribution in [2.45, 2.75) is 13.3 Å². The summed E-state index contributed by atoms with van der Waals surface area (Å²) in [5.74, 6) is 0.479. The van der Waals surface area contributed by atoms with Gasteiger partial charge in [-0.1, -0.05) is 25.1 Å². The lowest BCUT2D eigenvalue weighted by molar-refractivity contribution is -0.0329. The van der Waals surface area contributed by atoms with E-state index in [1.807, 2.05) is 60.2 Å². The molecule has 1 heterocycles. The summed E-state index contributed by atoms with van der Waals surface area (Å²) in [4.78, 5) is 22.4. The molecule has 24 heavy (non-hydrogen) atoms. The van der Waals surface area contributed by atoms with E-state index in [4.69, 9.17) is 4.84 Å². The Kier molecular flexibility index (Phi) is 4.91. The normalized spacial score (nSPS) is 10.4. The van der Waals surface area contributed by atoms with Gasteiger partial charge in [0, 0.05) is 23.6 Å². The minimum absolute atomic E-state index is 0.142. The zero-order valence-electron chi connectivity index (χ0n) is 13.5. The van der Waals surface area contributed by atoms with E-state index in [0.29, 0.717) is 17.9 Å². The number of hydroxylamine groups is 2. The summed E-state index contributed by atoms with van der Waals surface area (Å²) in [5, 5.41) is 1.40. The fourth-order valence-electron chi connectivity index (χ4n) is 2.33. The maximum atomic E-state index is 12.6. The Morgan fingerprint density at radius 2 is 1.88 bits per heavy atom. The van der Waals surface area contributed by atoms with Gasteiger partial charge in [0.2, 0.25) is 0 Å². The molecule has 0 unspecified atom stereocenters. The highest BCUT2D eigenvalue weighted by Gasteiger charge is 2.16. The molecule has 5 heteroatoms. The number of hydrogen-bond donors (Lipinski definition) is 0. The van der Waals surface area contributed by atoms with Crippen molar-refractivity contribution in [1.29, 1.82) is 0 Å². The summed E-state index contributed by atoms with van der Waals surface area (Å²) < 4.78 is 1.91. The van der Waals surface area contributed by atoms with E-state index < -0.39 is 0 Å². The zero-order chi connectivity index (χ0) is 16.8. The van der Waals surface area contributed by atoms with Crippen molar-refractivity contribution in [1.82, 2.24) is 14.6 Å². The molecule has 0 saturated carbocycles. The van der Waals surface area contributed by atoms with Crippen molar-refractivity contribution in [3.63, 3.8) is 0 Å². The molecule has 3 aromatic rings. The lowest BCUT2D eigenvalue weighted by Gasteiger charge is -2.22. The standard InChI is InChI=1S/C19H19N3O2/c1-2-13-22(19(23)16-6-4-3-5-7-16)24-18-10-8-17(9-11-18)21-14-12-20-15-21/h3-12,14-15H,2,13H2,1H3. The number of carbonyl (C=O) groups is 1. The van der Waals surface area contributed by atoms with Crippen molar-refractivity contribution in [3.05, 3.63) is 78.9 Å². The van der Waals surface area contributed by atoms with Crippen LogP contribution in [0.2, 0.25) is 0 Å². The molecular weight excluding hydrogens is 302 g/mol. The van der Waals surface area contributed by atoms with Crippen LogP contribution in [0.1, 0.15) is 23.7 Å². The van der Waals surface area contributed by atoms with Gasteiger partial charge in [-0.3, -0.25) is 4.79 Å². The molecule has 1 amide bonds. The lowest BCUT2D eigenvalue weighted by Crippen LogP contribution is -2.34. The van der Waals surface area contributed by atoms with E-state index in [-0.39, 0.29) is 5.91 Å². The summed E-state index contributed by atoms with van der Waals surface area (Å²) >= 11 is 0. The molecule has 0 atom stereocenters. The van der Waals surface area contributed by atoms with Gasteiger partial charge in [-0.25, -0.2) is 4.98 Å². The molecule has 0 bridgehead atoms. The topological polar surface area (TPSA) is 47.4 Å². The summed E-state index contributed by atoms with van der Waals surface area (Å²) in [6, 6.07) is 16.7. The fourth-order valence-corrected chi connectivity index (χ4v) is 2.33. The van der Waals surface area contributed by atoms with Gasteiger partial charge in [0.25, 0.3) is 5.91 Å². The number of aromatic nitrogens is 2. The van der Waals surface area contributed by atoms with Crippen LogP contribution >= 0.6 is 0 Å². The van der Waals surface area contributed by atoms with Gasteiger partial charge in [0.05, 0.1) is 12.9 Å². The first-order valence-electron chi connectivity index (χ1n) is 7.91. The van der Waals surface area contributed by atoms with Gasteiger partial charge in [-0.15, -0.1) is 0 Å². The number of rotatable bonds is 6. The molecule has 0 radical (unpaired) electrons. The molecule has 2 aromatic carbocycles. The average molecular weight is 321 g/mol. The molecule has 122 valence electrons. The number of carbonyl (C=O) groups excluding carboxylic acids is 1. The van der Waals surface area contributed by atoms with Gasteiger partial charge < -0.3 is 9.40 Å². The summed E-state index contributed by atoms with van der Waals surface area (Å²) in [6.45, 7) is 2.54. The van der Waals surface area contributed by atoms with E-state index in [1.54, 1.807) is 24.7 Å². The molecular formula is C19H19N3O2. The minimum atomic E-state index is -0.142. The molecule has 0 saturated heterocycles. The van der Waals surface area contributed by atoms with E-state index >= 15 is 0 Å². The Hall–Kier alpha value is -3.08. The molecule has 0 aliphatic heterocycles. The molecule has 0 aliphatic rings. The molecule has 5 nitrogen and oxygen atoms in total. The molecule has 1 aromatic heterocycles. The third-order valence-electron chi connectivity index (χ3n) is 3.53. The molecule has 0 aliphatic carbocycles. The van der Waals surface area contributed by atoms with Crippen LogP contribution in [0.3, 0.4) is 0 Å². The number of hydrogen-bond acceptors (Lipinski definition) is 3. The second-order valence-electron chi connectivity index (χ2n) is 5.33. The molecule has 3 rings (SSSR count). The average Bonchev–Trinajstić information content (AvgIpc) is 3.17. The van der Waals surface area contributed by atoms with E-state index in [0.717, 1.165) is 12.1 Å². The third kappa shape index (κ3) is 3.63. The highest BCUT2D eigenvalue weighted by molar-refractivity contribution is 5.93. The molecule has 0 fully saturated rings. The van der Waals surface area contributed by atoms with Crippen LogP contribution in [-0.4, -0.2) is 27.1 Å². The summed E-state index contributed by atoms with van der Waals surface area (Å²) in [5.41, 5.74) is 1.59. The molecule has 0 spiro atoms. The maximum Gasteiger partial charge on any atom is 0.286 e. The number of benzene rings is 2. The lowest BCUT2D eigenvalue weighted by atomic mass is 10.2. The Morgan fingerprint density at radius 1 is 1.12 bits per heavy atom. The Labute approximate surface area is 141 Å². The van der Waals surface area contributed by atoms with E-state index in [2.05, 4.69) is 4.98 Å². The smallest absolute Gasteiger partial charge is 0.286 e. The summed E-state index contributed by atoms with van der Waals surface area (Å²) in [6.07, 6.45) is 6.15. The first kappa shape index (κ1) is 15.8. The van der Waals surface area contributed by atoms with Gasteiger partial charge in [0.1, 0.15) is 0 Å². The van der Waals surface area contributed by atoms with Crippen LogP contribution < -0.4 is 4.84 Å².